The Labute approximate surface area is 86.8 Å². The van der Waals surface area contributed by atoms with Crippen LogP contribution in [-0.4, -0.2) is 22.1 Å². The monoisotopic (exact) mass is 208 g/mol. The second-order valence-electron chi connectivity index (χ2n) is 3.08. The maximum absolute atomic E-state index is 10.3. The van der Waals surface area contributed by atoms with E-state index in [4.69, 9.17) is 16.0 Å². The minimum atomic E-state index is -0.824. The Balaban J connectivity index is 2.68. The van der Waals surface area contributed by atoms with E-state index in [-0.39, 0.29) is 12.3 Å². The Morgan fingerprint density at radius 3 is 2.40 bits per heavy atom. The maximum atomic E-state index is 10.3. The Morgan fingerprint density at radius 2 is 1.93 bits per heavy atom. The molecule has 0 spiro atoms. The van der Waals surface area contributed by atoms with E-state index < -0.39 is 5.97 Å². The van der Waals surface area contributed by atoms with E-state index in [0.29, 0.717) is 12.0 Å². The van der Waals surface area contributed by atoms with Gasteiger partial charge in [-0.2, -0.15) is 0 Å². The molecule has 0 aliphatic rings. The van der Waals surface area contributed by atoms with Crippen molar-refractivity contribution in [2.24, 2.45) is 10.9 Å². The first-order chi connectivity index (χ1) is 7.13. The van der Waals surface area contributed by atoms with Crippen LogP contribution in [0.3, 0.4) is 0 Å². The van der Waals surface area contributed by atoms with Crippen LogP contribution >= 0.6 is 0 Å². The molecule has 0 aromatic heterocycles. The molecule has 1 rings (SSSR count). The summed E-state index contributed by atoms with van der Waals surface area (Å²) in [5, 5.41) is 19.8. The average molecular weight is 208 g/mol. The zero-order valence-electron chi connectivity index (χ0n) is 8.05. The number of rotatable bonds is 4. The second-order valence-corrected chi connectivity index (χ2v) is 3.08. The molecule has 0 saturated heterocycles. The predicted octanol–water partition coefficient (Wildman–Crippen LogP) is 0.798. The van der Waals surface area contributed by atoms with E-state index in [2.05, 4.69) is 5.16 Å². The first-order valence-corrected chi connectivity index (χ1v) is 4.42. The number of carboxylic acid groups (broad SMARTS) is 1. The average Bonchev–Trinajstić information content (AvgIpc) is 2.26. The van der Waals surface area contributed by atoms with Crippen LogP contribution < -0.4 is 5.73 Å². The molecule has 0 radical (unpaired) electrons. The molecule has 0 saturated carbocycles. The van der Waals surface area contributed by atoms with Gasteiger partial charge in [0.05, 0.1) is 0 Å². The lowest BCUT2D eigenvalue weighted by Gasteiger charge is -2.01. The number of hydrogen-bond donors (Lipinski definition) is 3. The van der Waals surface area contributed by atoms with Crippen LogP contribution in [0.1, 0.15) is 17.5 Å². The van der Waals surface area contributed by atoms with Crippen LogP contribution in [0.15, 0.2) is 29.4 Å². The maximum Gasteiger partial charge on any atom is 0.303 e. The van der Waals surface area contributed by atoms with Crippen molar-refractivity contribution >= 4 is 11.8 Å². The molecule has 0 atom stereocenters. The normalized spacial score (nSPS) is 11.3. The van der Waals surface area contributed by atoms with Gasteiger partial charge < -0.3 is 16.0 Å². The van der Waals surface area contributed by atoms with Crippen molar-refractivity contribution in [3.05, 3.63) is 35.4 Å². The lowest BCUT2D eigenvalue weighted by molar-refractivity contribution is -0.136. The first-order valence-electron chi connectivity index (χ1n) is 4.42. The van der Waals surface area contributed by atoms with Gasteiger partial charge in [0, 0.05) is 12.0 Å². The van der Waals surface area contributed by atoms with Crippen molar-refractivity contribution < 1.29 is 15.1 Å². The van der Waals surface area contributed by atoms with Crippen LogP contribution in [-0.2, 0) is 11.2 Å². The van der Waals surface area contributed by atoms with E-state index >= 15 is 0 Å². The van der Waals surface area contributed by atoms with Gasteiger partial charge >= 0.3 is 5.97 Å². The molecule has 15 heavy (non-hydrogen) atoms. The summed E-state index contributed by atoms with van der Waals surface area (Å²) in [5.74, 6) is -0.782. The van der Waals surface area contributed by atoms with Gasteiger partial charge in [0.25, 0.3) is 0 Å². The molecule has 80 valence electrons. The molecule has 5 heteroatoms. The summed E-state index contributed by atoms with van der Waals surface area (Å²) in [6.07, 6.45) is 0.578. The van der Waals surface area contributed by atoms with Gasteiger partial charge in [0.1, 0.15) is 0 Å². The molecule has 0 bridgehead atoms. The zero-order valence-corrected chi connectivity index (χ0v) is 8.05. The van der Waals surface area contributed by atoms with Gasteiger partial charge in [-0.15, -0.1) is 0 Å². The summed E-state index contributed by atoms with van der Waals surface area (Å²) in [4.78, 5) is 10.3. The molecule has 0 unspecified atom stereocenters. The second kappa shape index (κ2) is 4.99. The standard InChI is InChI=1S/C10H12N2O3/c11-10(12-15)8-4-1-7(2-5-8)3-6-9(13)14/h1-2,4-5,15H,3,6H2,(H2,11,12)(H,13,14). The quantitative estimate of drug-likeness (QED) is 0.295. The largest absolute Gasteiger partial charge is 0.481 e. The fraction of sp³-hybridized carbons (Fsp3) is 0.200. The molecule has 1 aromatic rings. The third-order valence-corrected chi connectivity index (χ3v) is 1.98. The highest BCUT2D eigenvalue weighted by Crippen LogP contribution is 2.06. The van der Waals surface area contributed by atoms with E-state index in [1.807, 2.05) is 0 Å². The van der Waals surface area contributed by atoms with E-state index in [1.54, 1.807) is 24.3 Å². The molecule has 0 fully saturated rings. The summed E-state index contributed by atoms with van der Waals surface area (Å²) < 4.78 is 0. The Bertz CT molecular complexity index is 371. The first kappa shape index (κ1) is 11.0. The Kier molecular flexibility index (Phi) is 3.68. The van der Waals surface area contributed by atoms with Gasteiger partial charge in [0.15, 0.2) is 5.84 Å². The van der Waals surface area contributed by atoms with Crippen molar-refractivity contribution in [2.45, 2.75) is 12.8 Å². The van der Waals surface area contributed by atoms with Crippen molar-refractivity contribution in [2.75, 3.05) is 0 Å². The lowest BCUT2D eigenvalue weighted by Crippen LogP contribution is -2.12. The fourth-order valence-electron chi connectivity index (χ4n) is 1.15. The summed E-state index contributed by atoms with van der Waals surface area (Å²) in [7, 11) is 0. The number of aryl methyl sites for hydroxylation is 1. The number of carbonyl (C=O) groups is 1. The number of aliphatic carboxylic acids is 1. The lowest BCUT2D eigenvalue weighted by atomic mass is 10.1. The van der Waals surface area contributed by atoms with Crippen LogP contribution in [0.5, 0.6) is 0 Å². The fourth-order valence-corrected chi connectivity index (χ4v) is 1.15. The van der Waals surface area contributed by atoms with Gasteiger partial charge in [-0.1, -0.05) is 29.4 Å². The zero-order chi connectivity index (χ0) is 11.3. The summed E-state index contributed by atoms with van der Waals surface area (Å²) in [5.41, 5.74) is 6.89. The van der Waals surface area contributed by atoms with Crippen molar-refractivity contribution in [1.82, 2.24) is 0 Å². The van der Waals surface area contributed by atoms with Gasteiger partial charge in [-0.05, 0) is 12.0 Å². The number of hydrogen-bond acceptors (Lipinski definition) is 3. The number of oxime groups is 1. The molecular formula is C10H12N2O3. The molecule has 4 N–H and O–H groups in total. The third kappa shape index (κ3) is 3.30. The van der Waals surface area contributed by atoms with E-state index in [1.165, 1.54) is 0 Å². The Morgan fingerprint density at radius 1 is 1.33 bits per heavy atom. The molecule has 0 aliphatic carbocycles. The molecule has 0 amide bonds. The number of carboxylic acids is 1. The number of benzene rings is 1. The molecular weight excluding hydrogens is 196 g/mol. The topological polar surface area (TPSA) is 95.9 Å². The van der Waals surface area contributed by atoms with Crippen LogP contribution in [0.4, 0.5) is 0 Å². The number of amidine groups is 1. The molecule has 0 heterocycles. The molecule has 0 aliphatic heterocycles. The van der Waals surface area contributed by atoms with Crippen LogP contribution in [0, 0.1) is 0 Å². The minimum absolute atomic E-state index is 0.0415. The van der Waals surface area contributed by atoms with Crippen LogP contribution in [0.2, 0.25) is 0 Å². The summed E-state index contributed by atoms with van der Waals surface area (Å²) in [6, 6.07) is 6.89. The van der Waals surface area contributed by atoms with E-state index in [0.717, 1.165) is 5.56 Å². The Hall–Kier alpha value is -2.04. The van der Waals surface area contributed by atoms with Crippen molar-refractivity contribution in [1.29, 1.82) is 0 Å². The van der Waals surface area contributed by atoms with Crippen molar-refractivity contribution in [3.63, 3.8) is 0 Å². The highest BCUT2D eigenvalue weighted by Gasteiger charge is 2.01. The summed E-state index contributed by atoms with van der Waals surface area (Å²) in [6.45, 7) is 0. The van der Waals surface area contributed by atoms with Gasteiger partial charge in [-0.25, -0.2) is 0 Å². The van der Waals surface area contributed by atoms with Crippen molar-refractivity contribution in [3.8, 4) is 0 Å². The number of nitrogens with two attached hydrogens (primary N) is 1. The highest BCUT2D eigenvalue weighted by atomic mass is 16.4. The predicted molar refractivity (Wildman–Crippen MR) is 54.9 cm³/mol. The SMILES string of the molecule is N/C(=N/O)c1ccc(CCC(=O)O)cc1. The van der Waals surface area contributed by atoms with Gasteiger partial charge in [-0.3, -0.25) is 4.79 Å². The molecule has 1 aromatic carbocycles. The highest BCUT2D eigenvalue weighted by molar-refractivity contribution is 5.96. The number of nitrogens with zero attached hydrogens (tertiary/aromatic N) is 1. The van der Waals surface area contributed by atoms with Gasteiger partial charge in [0.2, 0.25) is 0 Å². The van der Waals surface area contributed by atoms with E-state index in [9.17, 15) is 4.79 Å². The van der Waals surface area contributed by atoms with Crippen LogP contribution in [0.25, 0.3) is 0 Å². The smallest absolute Gasteiger partial charge is 0.303 e. The molecule has 5 nitrogen and oxygen atoms in total. The third-order valence-electron chi connectivity index (χ3n) is 1.98. The minimum Gasteiger partial charge on any atom is -0.481 e. The summed E-state index contributed by atoms with van der Waals surface area (Å²) >= 11 is 0.